The van der Waals surface area contributed by atoms with E-state index in [1.165, 1.54) is 12.0 Å². The molecule has 8 rings (SSSR count). The smallest absolute Gasteiger partial charge is 0.260 e. The molecule has 1 amide bonds. The maximum absolute atomic E-state index is 13.9. The monoisotopic (exact) mass is 582 g/mol. The third kappa shape index (κ3) is 4.72. The number of ether oxygens (including phenoxy) is 1. The van der Waals surface area contributed by atoms with Crippen molar-refractivity contribution in [1.82, 2.24) is 19.7 Å². The van der Waals surface area contributed by atoms with Crippen molar-refractivity contribution in [1.29, 1.82) is 5.26 Å². The fraction of sp³-hybridized carbons (Fsp3) is 0.361. The molecule has 2 fully saturated rings. The van der Waals surface area contributed by atoms with Gasteiger partial charge in [0, 0.05) is 29.8 Å². The van der Waals surface area contributed by atoms with E-state index in [-0.39, 0.29) is 17.6 Å². The molecule has 4 aromatic rings. The summed E-state index contributed by atoms with van der Waals surface area (Å²) in [5.41, 5.74) is 8.56. The molecule has 8 nitrogen and oxygen atoms in total. The number of anilines is 1. The number of carbonyl (C=O) groups excluding carboxylic acids is 1. The predicted octanol–water partition coefficient (Wildman–Crippen LogP) is 6.65. The summed E-state index contributed by atoms with van der Waals surface area (Å²) in [6, 6.07) is 18.3. The number of nitrogens with zero attached hydrogens (tertiary/aromatic N) is 6. The van der Waals surface area contributed by atoms with Crippen LogP contribution in [0.2, 0.25) is 0 Å². The maximum Gasteiger partial charge on any atom is 0.260 e. The Labute approximate surface area is 257 Å². The topological polar surface area (TPSA) is 96.9 Å². The van der Waals surface area contributed by atoms with Crippen molar-refractivity contribution >= 4 is 11.7 Å². The SMILES string of the molecule is CCC1(OC2C=C2Cc2ccc3c(c2)C(=O)N(c2cc(-c4ccc(C#N)cc4-c4nncn4C)cc(C4CC4)n2)C3)CCC1. The summed E-state index contributed by atoms with van der Waals surface area (Å²) < 4.78 is 8.29. The quantitative estimate of drug-likeness (QED) is 0.205. The molecule has 2 saturated carbocycles. The summed E-state index contributed by atoms with van der Waals surface area (Å²) in [6.45, 7) is 2.71. The molecule has 1 unspecified atom stereocenters. The van der Waals surface area contributed by atoms with Crippen LogP contribution < -0.4 is 4.90 Å². The van der Waals surface area contributed by atoms with Crippen LogP contribution in [0.4, 0.5) is 5.82 Å². The molecular weight excluding hydrogens is 548 g/mol. The lowest BCUT2D eigenvalue weighted by Gasteiger charge is -2.41. The van der Waals surface area contributed by atoms with Crippen LogP contribution in [-0.2, 0) is 24.8 Å². The van der Waals surface area contributed by atoms with Crippen LogP contribution in [0.5, 0.6) is 0 Å². The van der Waals surface area contributed by atoms with E-state index in [0.717, 1.165) is 77.6 Å². The summed E-state index contributed by atoms with van der Waals surface area (Å²) in [5, 5.41) is 18.0. The van der Waals surface area contributed by atoms with Crippen LogP contribution in [0.15, 0.2) is 66.5 Å². The van der Waals surface area contributed by atoms with E-state index < -0.39 is 0 Å². The zero-order chi connectivity index (χ0) is 30.0. The Balaban J connectivity index is 1.08. The normalized spacial score (nSPS) is 19.8. The standard InChI is InChI=1S/C36H34N6O2/c1-3-36(11-4-12-36)44-32-17-27(32)13-22-5-7-25-20-42(35(43)29(25)14-22)33-18-26(16-31(39-33)24-8-9-24)28-10-6-23(19-37)15-30(28)34-40-38-21-41(34)2/h5-7,10,14-18,21,24,32H,3-4,8-9,11-13,20H2,1-2H3. The van der Waals surface area contributed by atoms with Crippen molar-refractivity contribution in [2.75, 3.05) is 4.90 Å². The Hall–Kier alpha value is -4.61. The highest BCUT2D eigenvalue weighted by molar-refractivity contribution is 6.10. The average molecular weight is 583 g/mol. The van der Waals surface area contributed by atoms with E-state index in [0.29, 0.717) is 29.7 Å². The molecule has 0 saturated heterocycles. The molecule has 220 valence electrons. The molecule has 0 bridgehead atoms. The zero-order valence-electron chi connectivity index (χ0n) is 25.1. The minimum atomic E-state index is -0.0152. The van der Waals surface area contributed by atoms with E-state index >= 15 is 0 Å². The lowest BCUT2D eigenvalue weighted by molar-refractivity contribution is -0.106. The Kier molecular flexibility index (Phi) is 6.28. The Morgan fingerprint density at radius 1 is 1.07 bits per heavy atom. The van der Waals surface area contributed by atoms with Gasteiger partial charge in [-0.15, -0.1) is 10.2 Å². The van der Waals surface area contributed by atoms with Gasteiger partial charge in [-0.2, -0.15) is 5.26 Å². The molecule has 2 aromatic carbocycles. The number of amides is 1. The van der Waals surface area contributed by atoms with Gasteiger partial charge in [0.25, 0.3) is 5.91 Å². The summed E-state index contributed by atoms with van der Waals surface area (Å²) in [6.07, 6.45) is 11.7. The second-order valence-electron chi connectivity index (χ2n) is 12.8. The highest BCUT2D eigenvalue weighted by Gasteiger charge is 2.42. The Morgan fingerprint density at radius 2 is 1.93 bits per heavy atom. The molecule has 1 aliphatic heterocycles. The molecule has 0 radical (unpaired) electrons. The lowest BCUT2D eigenvalue weighted by atomic mass is 9.78. The van der Waals surface area contributed by atoms with Crippen LogP contribution in [0.1, 0.15) is 84.1 Å². The van der Waals surface area contributed by atoms with Gasteiger partial charge in [0.2, 0.25) is 0 Å². The van der Waals surface area contributed by atoms with Crippen LogP contribution >= 0.6 is 0 Å². The van der Waals surface area contributed by atoms with Gasteiger partial charge in [-0.1, -0.05) is 25.1 Å². The number of hydrogen-bond donors (Lipinski definition) is 0. The number of rotatable bonds is 9. The molecular formula is C36H34N6O2. The fourth-order valence-electron chi connectivity index (χ4n) is 6.69. The van der Waals surface area contributed by atoms with Gasteiger partial charge in [0.05, 0.1) is 29.9 Å². The van der Waals surface area contributed by atoms with E-state index in [1.807, 2.05) is 35.9 Å². The summed E-state index contributed by atoms with van der Waals surface area (Å²) in [5.74, 6) is 1.71. The Bertz CT molecular complexity index is 1890. The number of aryl methyl sites for hydroxylation is 1. The largest absolute Gasteiger partial charge is 0.363 e. The third-order valence-electron chi connectivity index (χ3n) is 9.81. The first kappa shape index (κ1) is 27.0. The van der Waals surface area contributed by atoms with E-state index in [1.54, 1.807) is 11.2 Å². The predicted molar refractivity (Wildman–Crippen MR) is 167 cm³/mol. The van der Waals surface area contributed by atoms with Gasteiger partial charge >= 0.3 is 0 Å². The zero-order valence-corrected chi connectivity index (χ0v) is 25.1. The van der Waals surface area contributed by atoms with Crippen molar-refractivity contribution in [3.63, 3.8) is 0 Å². The minimum absolute atomic E-state index is 0.0152. The minimum Gasteiger partial charge on any atom is -0.363 e. The average Bonchev–Trinajstić information content (AvgIpc) is 3.94. The number of fused-ring (bicyclic) bond motifs is 1. The van der Waals surface area contributed by atoms with Crippen LogP contribution in [0, 0.1) is 11.3 Å². The van der Waals surface area contributed by atoms with Gasteiger partial charge < -0.3 is 9.30 Å². The van der Waals surface area contributed by atoms with Gasteiger partial charge in [0.1, 0.15) is 12.1 Å². The second kappa shape index (κ2) is 10.2. The molecule has 0 spiro atoms. The van der Waals surface area contributed by atoms with Crippen LogP contribution in [-0.4, -0.2) is 37.4 Å². The summed E-state index contributed by atoms with van der Waals surface area (Å²) in [4.78, 5) is 20.7. The van der Waals surface area contributed by atoms with Crippen molar-refractivity contribution < 1.29 is 9.53 Å². The van der Waals surface area contributed by atoms with Gasteiger partial charge in [0.15, 0.2) is 5.82 Å². The summed E-state index contributed by atoms with van der Waals surface area (Å²) >= 11 is 0. The van der Waals surface area contributed by atoms with Crippen molar-refractivity contribution in [3.8, 4) is 28.6 Å². The number of pyridine rings is 1. The highest BCUT2D eigenvalue weighted by atomic mass is 16.5. The number of hydrogen-bond acceptors (Lipinski definition) is 6. The molecule has 4 aliphatic rings. The molecule has 8 heteroatoms. The van der Waals surface area contributed by atoms with E-state index in [9.17, 15) is 10.1 Å². The van der Waals surface area contributed by atoms with Crippen molar-refractivity contribution in [2.45, 2.75) is 76.0 Å². The van der Waals surface area contributed by atoms with Crippen molar-refractivity contribution in [3.05, 3.63) is 94.5 Å². The maximum atomic E-state index is 13.9. The first-order valence-electron chi connectivity index (χ1n) is 15.7. The molecule has 2 aromatic heterocycles. The fourth-order valence-corrected chi connectivity index (χ4v) is 6.69. The van der Waals surface area contributed by atoms with Crippen LogP contribution in [0.25, 0.3) is 22.5 Å². The number of aromatic nitrogens is 4. The van der Waals surface area contributed by atoms with Gasteiger partial charge in [-0.05, 0) is 109 Å². The summed E-state index contributed by atoms with van der Waals surface area (Å²) in [7, 11) is 1.89. The molecule has 3 aliphatic carbocycles. The molecule has 3 heterocycles. The number of benzene rings is 2. The second-order valence-corrected chi connectivity index (χ2v) is 12.8. The first-order chi connectivity index (χ1) is 21.4. The van der Waals surface area contributed by atoms with Crippen LogP contribution in [0.3, 0.4) is 0 Å². The number of carbonyl (C=O) groups is 1. The first-order valence-corrected chi connectivity index (χ1v) is 15.7. The molecule has 44 heavy (non-hydrogen) atoms. The van der Waals surface area contributed by atoms with Gasteiger partial charge in [-0.25, -0.2) is 4.98 Å². The Morgan fingerprint density at radius 3 is 2.64 bits per heavy atom. The third-order valence-corrected chi connectivity index (χ3v) is 9.81. The van der Waals surface area contributed by atoms with E-state index in [2.05, 4.69) is 53.5 Å². The highest BCUT2D eigenvalue weighted by Crippen LogP contribution is 2.45. The van der Waals surface area contributed by atoms with Gasteiger partial charge in [-0.3, -0.25) is 9.69 Å². The lowest BCUT2D eigenvalue weighted by Crippen LogP contribution is -2.40. The van der Waals surface area contributed by atoms with E-state index in [4.69, 9.17) is 9.72 Å². The molecule has 1 atom stereocenters. The van der Waals surface area contributed by atoms with Crippen molar-refractivity contribution in [2.24, 2.45) is 7.05 Å². The molecule has 0 N–H and O–H groups in total. The number of nitriles is 1.